The van der Waals surface area contributed by atoms with Gasteiger partial charge in [-0.2, -0.15) is 11.8 Å². The van der Waals surface area contributed by atoms with E-state index >= 15 is 0 Å². The van der Waals surface area contributed by atoms with Crippen molar-refractivity contribution in [3.63, 3.8) is 0 Å². The number of nitrogens with one attached hydrogen (secondary N) is 2. The van der Waals surface area contributed by atoms with E-state index in [0.717, 1.165) is 33.9 Å². The van der Waals surface area contributed by atoms with Gasteiger partial charge in [0.2, 0.25) is 23.0 Å². The maximum Gasteiger partial charge on any atom is 0.245 e. The molecule has 1 heterocycles. The van der Waals surface area contributed by atoms with E-state index in [1.165, 1.54) is 6.92 Å². The normalized spacial score (nSPS) is 16.0. The van der Waals surface area contributed by atoms with Crippen LogP contribution in [-0.4, -0.2) is 89.4 Å². The van der Waals surface area contributed by atoms with Gasteiger partial charge in [0.05, 0.1) is 40.2 Å². The third-order valence-corrected chi connectivity index (χ3v) is 9.83. The Labute approximate surface area is 292 Å². The summed E-state index contributed by atoms with van der Waals surface area (Å²) in [5.41, 5.74) is 4.24. The van der Waals surface area contributed by atoms with Crippen molar-refractivity contribution in [3.8, 4) is 34.1 Å². The quantitative estimate of drug-likeness (QED) is 0.276. The Hall–Kier alpha value is -4.58. The van der Waals surface area contributed by atoms with Gasteiger partial charge in [-0.15, -0.1) is 0 Å². The average molecular weight is 691 g/mol. The second-order valence-corrected chi connectivity index (χ2v) is 13.1. The summed E-state index contributed by atoms with van der Waals surface area (Å²) in [6.45, 7) is 4.02. The number of ether oxygens (including phenoxy) is 4. The first-order chi connectivity index (χ1) is 23.7. The highest BCUT2D eigenvalue weighted by atomic mass is 32.2. The van der Waals surface area contributed by atoms with Crippen LogP contribution in [0, 0.1) is 0 Å². The number of nitrogens with zero attached hydrogens (tertiary/aromatic N) is 2. The second-order valence-electron chi connectivity index (χ2n) is 12.1. The standard InChI is InChI=1S/C37H46N4O7S/c1-23(42)38-29-13-7-24-21-33(46-3)35(47-4)36(48-5)34(24)27-12-14-30(32(43)22-28(27)29)39-31(15-20-49-6)37(44)41-18-16-40(17-19-41)25-8-10-26(45-2)11-9-25/h8-12,14,21-22,29,31H,7,13,15-20H2,1-6H3,(H,38,42)(H,39,43)/t29-,31-/m0/s1. The first-order valence-electron chi connectivity index (χ1n) is 16.4. The van der Waals surface area contributed by atoms with Crippen molar-refractivity contribution in [2.45, 2.75) is 38.3 Å². The molecule has 1 fully saturated rings. The molecule has 0 aromatic heterocycles. The van der Waals surface area contributed by atoms with E-state index in [1.54, 1.807) is 52.3 Å². The Morgan fingerprint density at radius 2 is 1.63 bits per heavy atom. The van der Waals surface area contributed by atoms with E-state index in [9.17, 15) is 14.4 Å². The van der Waals surface area contributed by atoms with Crippen LogP contribution in [0.2, 0.25) is 0 Å². The minimum absolute atomic E-state index is 0.0316. The Balaban J connectivity index is 1.48. The fourth-order valence-corrected chi connectivity index (χ4v) is 7.18. The Bertz CT molecular complexity index is 1710. The van der Waals surface area contributed by atoms with E-state index in [1.807, 2.05) is 47.6 Å². The van der Waals surface area contributed by atoms with E-state index in [2.05, 4.69) is 15.5 Å². The number of rotatable bonds is 12. The Morgan fingerprint density at radius 1 is 0.918 bits per heavy atom. The number of hydrogen-bond donors (Lipinski definition) is 2. The SMILES string of the molecule is COc1ccc(N2CCN(C(=O)[C@H](CCSC)Nc3ccc4c(cc3=O)[C@@H](NC(C)=O)CCc3cc(OC)c(OC)c(OC)c3-4)CC2)cc1. The minimum atomic E-state index is -0.591. The maximum atomic E-state index is 14.0. The molecule has 0 unspecified atom stereocenters. The van der Waals surface area contributed by atoms with E-state index in [0.29, 0.717) is 73.9 Å². The zero-order valence-electron chi connectivity index (χ0n) is 29.1. The molecule has 0 bridgehead atoms. The van der Waals surface area contributed by atoms with Crippen molar-refractivity contribution >= 4 is 35.0 Å². The first kappa shape index (κ1) is 35.7. The zero-order valence-corrected chi connectivity index (χ0v) is 29.9. The topological polar surface area (TPSA) is 119 Å². The van der Waals surface area contributed by atoms with Crippen molar-refractivity contribution < 1.29 is 28.5 Å². The van der Waals surface area contributed by atoms with Gasteiger partial charge in [0, 0.05) is 44.4 Å². The van der Waals surface area contributed by atoms with E-state index in [4.69, 9.17) is 18.9 Å². The van der Waals surface area contributed by atoms with Crippen molar-refractivity contribution in [2.75, 3.05) is 76.8 Å². The molecule has 5 rings (SSSR count). The van der Waals surface area contributed by atoms with E-state index < -0.39 is 12.1 Å². The van der Waals surface area contributed by atoms with Gasteiger partial charge >= 0.3 is 0 Å². The van der Waals surface area contributed by atoms with Crippen molar-refractivity contribution in [1.82, 2.24) is 10.2 Å². The fraction of sp³-hybridized carbons (Fsp3) is 0.432. The van der Waals surface area contributed by atoms with Gasteiger partial charge in [-0.3, -0.25) is 14.4 Å². The van der Waals surface area contributed by atoms with Crippen molar-refractivity contribution in [2.24, 2.45) is 0 Å². The number of amides is 2. The highest BCUT2D eigenvalue weighted by molar-refractivity contribution is 7.98. The highest BCUT2D eigenvalue weighted by Crippen LogP contribution is 2.50. The monoisotopic (exact) mass is 690 g/mol. The molecule has 3 aromatic rings. The van der Waals surface area contributed by atoms with Crippen LogP contribution in [0.4, 0.5) is 11.4 Å². The summed E-state index contributed by atoms with van der Waals surface area (Å²) in [6, 6.07) is 14.0. The van der Waals surface area contributed by atoms with Gasteiger partial charge in [-0.05, 0) is 90.4 Å². The number of aryl methyl sites for hydroxylation is 1. The summed E-state index contributed by atoms with van der Waals surface area (Å²) < 4.78 is 22.5. The number of thioether (sulfide) groups is 1. The van der Waals surface area contributed by atoms with Crippen LogP contribution in [0.25, 0.3) is 11.1 Å². The predicted molar refractivity (Wildman–Crippen MR) is 195 cm³/mol. The number of piperazine rings is 1. The molecule has 11 nitrogen and oxygen atoms in total. The number of carbonyl (C=O) groups is 2. The number of methoxy groups -OCH3 is 4. The molecule has 0 radical (unpaired) electrons. The molecule has 12 heteroatoms. The maximum absolute atomic E-state index is 14.0. The Kier molecular flexibility index (Phi) is 11.8. The second kappa shape index (κ2) is 16.2. The van der Waals surface area contributed by atoms with Crippen LogP contribution in [-0.2, 0) is 16.0 Å². The molecular weight excluding hydrogens is 644 g/mol. The third kappa shape index (κ3) is 7.85. The number of carbonyl (C=O) groups excluding carboxylic acids is 2. The summed E-state index contributed by atoms with van der Waals surface area (Å²) in [6.07, 6.45) is 3.72. The van der Waals surface area contributed by atoms with Crippen molar-refractivity contribution in [3.05, 3.63) is 69.9 Å². The van der Waals surface area contributed by atoms with Gasteiger partial charge in [-0.25, -0.2) is 0 Å². The lowest BCUT2D eigenvalue weighted by Gasteiger charge is -2.37. The average Bonchev–Trinajstić information content (AvgIpc) is 3.36. The first-order valence-corrected chi connectivity index (χ1v) is 17.8. The van der Waals surface area contributed by atoms with Gasteiger partial charge in [0.1, 0.15) is 11.8 Å². The molecule has 1 aliphatic heterocycles. The van der Waals surface area contributed by atoms with Crippen LogP contribution in [0.15, 0.2) is 53.3 Å². The highest BCUT2D eigenvalue weighted by Gasteiger charge is 2.31. The van der Waals surface area contributed by atoms with Crippen LogP contribution in [0.3, 0.4) is 0 Å². The summed E-state index contributed by atoms with van der Waals surface area (Å²) in [5, 5.41) is 6.38. The number of hydrogen-bond acceptors (Lipinski definition) is 10. The molecule has 2 amide bonds. The third-order valence-electron chi connectivity index (χ3n) is 9.18. The summed E-state index contributed by atoms with van der Waals surface area (Å²) in [4.78, 5) is 44.5. The lowest BCUT2D eigenvalue weighted by atomic mass is 9.95. The predicted octanol–water partition coefficient (Wildman–Crippen LogP) is 4.75. The molecule has 49 heavy (non-hydrogen) atoms. The van der Waals surface area contributed by atoms with Gasteiger partial charge in [-0.1, -0.05) is 6.07 Å². The molecule has 1 saturated heterocycles. The minimum Gasteiger partial charge on any atom is -0.497 e. The molecule has 2 N–H and O–H groups in total. The number of anilines is 2. The molecule has 2 aliphatic rings. The van der Waals surface area contributed by atoms with Crippen LogP contribution in [0.5, 0.6) is 23.0 Å². The van der Waals surface area contributed by atoms with Crippen molar-refractivity contribution in [1.29, 1.82) is 0 Å². The molecule has 3 aromatic carbocycles. The van der Waals surface area contributed by atoms with Gasteiger partial charge < -0.3 is 39.4 Å². The molecular formula is C37H46N4O7S. The lowest BCUT2D eigenvalue weighted by molar-refractivity contribution is -0.132. The smallest absolute Gasteiger partial charge is 0.245 e. The largest absolute Gasteiger partial charge is 0.497 e. The summed E-state index contributed by atoms with van der Waals surface area (Å²) in [5.74, 6) is 2.77. The number of fused-ring (bicyclic) bond motifs is 3. The molecule has 0 saturated carbocycles. The molecule has 0 spiro atoms. The Morgan fingerprint density at radius 3 is 2.24 bits per heavy atom. The molecule has 2 atom stereocenters. The van der Waals surface area contributed by atoms with E-state index in [-0.39, 0.29) is 17.2 Å². The summed E-state index contributed by atoms with van der Waals surface area (Å²) in [7, 11) is 6.35. The van der Waals surface area contributed by atoms with Gasteiger partial charge in [0.15, 0.2) is 11.5 Å². The lowest BCUT2D eigenvalue weighted by Crippen LogP contribution is -2.53. The van der Waals surface area contributed by atoms with Crippen LogP contribution >= 0.6 is 11.8 Å². The number of benzene rings is 2. The fourth-order valence-electron chi connectivity index (χ4n) is 6.71. The summed E-state index contributed by atoms with van der Waals surface area (Å²) >= 11 is 1.66. The molecule has 1 aliphatic carbocycles. The van der Waals surface area contributed by atoms with Crippen LogP contribution in [0.1, 0.15) is 36.9 Å². The molecule has 262 valence electrons. The van der Waals surface area contributed by atoms with Crippen LogP contribution < -0.4 is 39.9 Å². The zero-order chi connectivity index (χ0) is 35.1. The van der Waals surface area contributed by atoms with Gasteiger partial charge in [0.25, 0.3) is 0 Å².